The molecular formula is C12H16FeO3. The summed E-state index contributed by atoms with van der Waals surface area (Å²) in [5.41, 5.74) is 1.22. The van der Waals surface area contributed by atoms with Gasteiger partial charge in [0.2, 0.25) is 0 Å². The monoisotopic (exact) mass is 264 g/mol. The number of hydrogen-bond donors (Lipinski definition) is 2. The predicted molar refractivity (Wildman–Crippen MR) is 58.5 cm³/mol. The molecule has 3 nitrogen and oxygen atoms in total. The summed E-state index contributed by atoms with van der Waals surface area (Å²) in [6.45, 7) is 7.63. The van der Waals surface area contributed by atoms with Gasteiger partial charge in [-0.1, -0.05) is 26.8 Å². The molecule has 0 bridgehead atoms. The predicted octanol–water partition coefficient (Wildman–Crippen LogP) is 2.69. The van der Waals surface area contributed by atoms with E-state index in [4.69, 9.17) is 5.11 Å². The molecule has 0 saturated carbocycles. The number of benzene rings is 1. The van der Waals surface area contributed by atoms with E-state index < -0.39 is 5.97 Å². The zero-order chi connectivity index (χ0) is 11.8. The molecule has 1 aromatic carbocycles. The third kappa shape index (κ3) is 3.00. The van der Waals surface area contributed by atoms with Crippen LogP contribution in [0.25, 0.3) is 0 Å². The third-order valence-electron chi connectivity index (χ3n) is 2.29. The molecule has 0 atom stereocenters. The molecule has 4 heteroatoms. The molecule has 0 fully saturated rings. The van der Waals surface area contributed by atoms with Gasteiger partial charge < -0.3 is 10.2 Å². The Morgan fingerprint density at radius 2 is 1.75 bits per heavy atom. The summed E-state index contributed by atoms with van der Waals surface area (Å²) in [5.74, 6) is -1.22. The van der Waals surface area contributed by atoms with Crippen LogP contribution in [-0.4, -0.2) is 16.2 Å². The Kier molecular flexibility index (Phi) is 4.59. The van der Waals surface area contributed by atoms with Crippen LogP contribution >= 0.6 is 0 Å². The molecule has 0 aromatic heterocycles. The second kappa shape index (κ2) is 4.89. The largest absolute Gasteiger partial charge is 0.507 e. The van der Waals surface area contributed by atoms with Gasteiger partial charge in [0, 0.05) is 22.6 Å². The molecule has 2 N–H and O–H groups in total. The van der Waals surface area contributed by atoms with Crippen LogP contribution in [0.1, 0.15) is 42.3 Å². The minimum atomic E-state index is -1.10. The number of phenols is 1. The number of aromatic hydroxyl groups is 1. The minimum absolute atomic E-state index is 0. The van der Waals surface area contributed by atoms with E-state index >= 15 is 0 Å². The summed E-state index contributed by atoms with van der Waals surface area (Å²) < 4.78 is 0. The second-order valence-corrected chi connectivity index (χ2v) is 4.76. The van der Waals surface area contributed by atoms with Gasteiger partial charge in [0.15, 0.2) is 0 Å². The first kappa shape index (κ1) is 15.0. The van der Waals surface area contributed by atoms with Gasteiger partial charge in [-0.3, -0.25) is 0 Å². The van der Waals surface area contributed by atoms with Gasteiger partial charge in [0.25, 0.3) is 0 Å². The molecular weight excluding hydrogens is 248 g/mol. The van der Waals surface area contributed by atoms with Crippen molar-refractivity contribution >= 4 is 5.97 Å². The van der Waals surface area contributed by atoms with Crippen molar-refractivity contribution in [2.75, 3.05) is 0 Å². The van der Waals surface area contributed by atoms with Crippen LogP contribution in [0.3, 0.4) is 0 Å². The molecule has 16 heavy (non-hydrogen) atoms. The number of carbonyl (C=O) groups is 1. The van der Waals surface area contributed by atoms with Crippen molar-refractivity contribution < 1.29 is 32.1 Å². The van der Waals surface area contributed by atoms with Crippen LogP contribution in [0, 0.1) is 6.92 Å². The fraction of sp³-hybridized carbons (Fsp3) is 0.417. The summed E-state index contributed by atoms with van der Waals surface area (Å²) in [6, 6.07) is 3.30. The smallest absolute Gasteiger partial charge is 0.339 e. The fourth-order valence-corrected chi connectivity index (χ4v) is 1.51. The van der Waals surface area contributed by atoms with Gasteiger partial charge in [-0.05, 0) is 24.0 Å². The molecule has 0 aliphatic carbocycles. The van der Waals surface area contributed by atoms with E-state index in [-0.39, 0.29) is 33.8 Å². The van der Waals surface area contributed by atoms with E-state index in [2.05, 4.69) is 0 Å². The van der Waals surface area contributed by atoms with E-state index in [0.29, 0.717) is 5.56 Å². The van der Waals surface area contributed by atoms with E-state index in [0.717, 1.165) is 5.56 Å². The van der Waals surface area contributed by atoms with Crippen molar-refractivity contribution in [2.45, 2.75) is 33.1 Å². The Morgan fingerprint density at radius 1 is 1.25 bits per heavy atom. The molecule has 0 aliphatic heterocycles. The minimum Gasteiger partial charge on any atom is -0.507 e. The zero-order valence-electron chi connectivity index (χ0n) is 9.81. The SMILES string of the molecule is Cc1cc(C(=O)O)c(O)c(C(C)(C)C)c1.[Fe]. The average molecular weight is 264 g/mol. The first-order chi connectivity index (χ1) is 6.73. The third-order valence-corrected chi connectivity index (χ3v) is 2.29. The summed E-state index contributed by atoms with van der Waals surface area (Å²) in [6.07, 6.45) is 0. The summed E-state index contributed by atoms with van der Waals surface area (Å²) in [7, 11) is 0. The molecule has 0 unspecified atom stereocenters. The van der Waals surface area contributed by atoms with Gasteiger partial charge in [-0.2, -0.15) is 0 Å². The van der Waals surface area contributed by atoms with E-state index in [9.17, 15) is 9.90 Å². The van der Waals surface area contributed by atoms with Crippen molar-refractivity contribution in [1.29, 1.82) is 0 Å². The summed E-state index contributed by atoms with van der Waals surface area (Å²) >= 11 is 0. The normalized spacial score (nSPS) is 10.8. The van der Waals surface area contributed by atoms with E-state index in [1.54, 1.807) is 0 Å². The Hall–Kier alpha value is -0.991. The quantitative estimate of drug-likeness (QED) is 0.767. The number of carboxylic acids is 1. The molecule has 0 spiro atoms. The maximum absolute atomic E-state index is 10.9. The molecule has 0 amide bonds. The average Bonchev–Trinajstić information content (AvgIpc) is 2.06. The zero-order valence-corrected chi connectivity index (χ0v) is 10.9. The Bertz CT molecular complexity index is 405. The number of aromatic carboxylic acids is 1. The van der Waals surface area contributed by atoms with Crippen molar-refractivity contribution in [2.24, 2.45) is 0 Å². The van der Waals surface area contributed by atoms with Crippen molar-refractivity contribution in [3.8, 4) is 5.75 Å². The molecule has 1 rings (SSSR count). The van der Waals surface area contributed by atoms with E-state index in [1.807, 2.05) is 33.8 Å². The number of carboxylic acid groups (broad SMARTS) is 1. The maximum Gasteiger partial charge on any atom is 0.339 e. The second-order valence-electron chi connectivity index (χ2n) is 4.76. The number of hydrogen-bond acceptors (Lipinski definition) is 2. The molecule has 0 radical (unpaired) electrons. The maximum atomic E-state index is 10.9. The van der Waals surface area contributed by atoms with Gasteiger partial charge in [-0.25, -0.2) is 4.79 Å². The molecule has 0 saturated heterocycles. The first-order valence-electron chi connectivity index (χ1n) is 4.81. The van der Waals surface area contributed by atoms with Gasteiger partial charge in [0.05, 0.1) is 0 Å². The van der Waals surface area contributed by atoms with Crippen LogP contribution in [0.4, 0.5) is 0 Å². The Morgan fingerprint density at radius 3 is 2.12 bits per heavy atom. The van der Waals surface area contributed by atoms with Crippen LogP contribution < -0.4 is 0 Å². The number of rotatable bonds is 1. The van der Waals surface area contributed by atoms with Crippen LogP contribution in [0.2, 0.25) is 0 Å². The van der Waals surface area contributed by atoms with Gasteiger partial charge in [-0.15, -0.1) is 0 Å². The van der Waals surface area contributed by atoms with Crippen molar-refractivity contribution in [3.05, 3.63) is 28.8 Å². The standard InChI is InChI=1S/C12H16O3.Fe/c1-7-5-8(11(14)15)10(13)9(6-7)12(2,3)4;/h5-6,13H,1-4H3,(H,14,15);. The van der Waals surface area contributed by atoms with Crippen LogP contribution in [-0.2, 0) is 22.5 Å². The van der Waals surface area contributed by atoms with Gasteiger partial charge >= 0.3 is 5.97 Å². The molecule has 0 heterocycles. The summed E-state index contributed by atoms with van der Waals surface area (Å²) in [4.78, 5) is 10.9. The summed E-state index contributed by atoms with van der Waals surface area (Å²) in [5, 5.41) is 18.8. The van der Waals surface area contributed by atoms with E-state index in [1.165, 1.54) is 6.07 Å². The van der Waals surface area contributed by atoms with Crippen molar-refractivity contribution in [3.63, 3.8) is 0 Å². The molecule has 90 valence electrons. The Balaban J connectivity index is 0.00000225. The Labute approximate surface area is 106 Å². The molecule has 1 aromatic rings. The topological polar surface area (TPSA) is 57.5 Å². The van der Waals surface area contributed by atoms with Gasteiger partial charge in [0.1, 0.15) is 11.3 Å². The first-order valence-corrected chi connectivity index (χ1v) is 4.81. The molecule has 0 aliphatic rings. The van der Waals surface area contributed by atoms with Crippen molar-refractivity contribution in [1.82, 2.24) is 0 Å². The van der Waals surface area contributed by atoms with Crippen LogP contribution in [0.5, 0.6) is 5.75 Å². The fourth-order valence-electron chi connectivity index (χ4n) is 1.51. The number of aryl methyl sites for hydroxylation is 1. The van der Waals surface area contributed by atoms with Crippen LogP contribution in [0.15, 0.2) is 12.1 Å².